The third-order valence-corrected chi connectivity index (χ3v) is 3.69. The lowest BCUT2D eigenvalue weighted by molar-refractivity contribution is 0.219. The number of rotatable bonds is 2. The van der Waals surface area contributed by atoms with Crippen molar-refractivity contribution in [1.29, 1.82) is 0 Å². The molecule has 0 radical (unpaired) electrons. The molecule has 1 aromatic carbocycles. The molecule has 1 saturated carbocycles. The predicted molar refractivity (Wildman–Crippen MR) is 63.3 cm³/mol. The summed E-state index contributed by atoms with van der Waals surface area (Å²) in [6.07, 6.45) is 0. The van der Waals surface area contributed by atoms with E-state index in [1.54, 1.807) is 6.07 Å². The van der Waals surface area contributed by atoms with Gasteiger partial charge in [-0.1, -0.05) is 41.4 Å². The summed E-state index contributed by atoms with van der Waals surface area (Å²) in [6, 6.07) is 4.36. The van der Waals surface area contributed by atoms with Crippen molar-refractivity contribution in [3.8, 4) is 0 Å². The van der Waals surface area contributed by atoms with Crippen LogP contribution in [0, 0.1) is 11.7 Å². The van der Waals surface area contributed by atoms with E-state index in [1.165, 1.54) is 12.1 Å². The molecule has 0 amide bonds. The van der Waals surface area contributed by atoms with Crippen molar-refractivity contribution in [1.82, 2.24) is 0 Å². The van der Waals surface area contributed by atoms with Crippen LogP contribution in [0.4, 0.5) is 4.39 Å². The molecule has 1 fully saturated rings. The van der Waals surface area contributed by atoms with Crippen molar-refractivity contribution in [3.05, 3.63) is 46.8 Å². The largest absolute Gasteiger partial charge is 0.374 e. The SMILES string of the molecule is C=C(C)C1C(c2ccc(F)c(Cl)c2)C1(O)Cl. The first-order valence-corrected chi connectivity index (χ1v) is 5.63. The first kappa shape index (κ1) is 11.9. The van der Waals surface area contributed by atoms with Gasteiger partial charge in [0.25, 0.3) is 0 Å². The summed E-state index contributed by atoms with van der Waals surface area (Å²) in [5.41, 5.74) is 1.54. The molecule has 0 bridgehead atoms. The van der Waals surface area contributed by atoms with Gasteiger partial charge < -0.3 is 5.11 Å². The van der Waals surface area contributed by atoms with Gasteiger partial charge in [0.05, 0.1) is 5.02 Å². The summed E-state index contributed by atoms with van der Waals surface area (Å²) in [6.45, 7) is 5.59. The highest BCUT2D eigenvalue weighted by Crippen LogP contribution is 2.63. The Morgan fingerprint density at radius 3 is 2.62 bits per heavy atom. The van der Waals surface area contributed by atoms with E-state index >= 15 is 0 Å². The molecule has 16 heavy (non-hydrogen) atoms. The number of halogens is 3. The van der Waals surface area contributed by atoms with Crippen molar-refractivity contribution in [2.45, 2.75) is 17.9 Å². The first-order chi connectivity index (χ1) is 7.35. The van der Waals surface area contributed by atoms with Gasteiger partial charge in [-0.2, -0.15) is 0 Å². The van der Waals surface area contributed by atoms with E-state index in [4.69, 9.17) is 23.2 Å². The molecular formula is C12H11Cl2FO. The quantitative estimate of drug-likeness (QED) is 0.635. The van der Waals surface area contributed by atoms with Crippen LogP contribution >= 0.6 is 23.2 Å². The van der Waals surface area contributed by atoms with E-state index in [0.29, 0.717) is 0 Å². The van der Waals surface area contributed by atoms with Crippen molar-refractivity contribution in [2.75, 3.05) is 0 Å². The van der Waals surface area contributed by atoms with Crippen LogP contribution in [0.1, 0.15) is 18.4 Å². The van der Waals surface area contributed by atoms with E-state index < -0.39 is 10.9 Å². The van der Waals surface area contributed by atoms with Gasteiger partial charge in [-0.3, -0.25) is 0 Å². The second kappa shape index (κ2) is 3.73. The Bertz CT molecular complexity index is 456. The molecule has 1 aliphatic carbocycles. The standard InChI is InChI=1S/C12H11Cl2FO/c1-6(2)10-11(12(10,14)16)7-3-4-9(15)8(13)5-7/h3-5,10-11,16H,1H2,2H3. The molecule has 0 heterocycles. The molecule has 86 valence electrons. The summed E-state index contributed by atoms with van der Waals surface area (Å²) in [4.78, 5) is 0. The van der Waals surface area contributed by atoms with Gasteiger partial charge in [0.2, 0.25) is 0 Å². The van der Waals surface area contributed by atoms with Crippen LogP contribution in [0.15, 0.2) is 30.4 Å². The summed E-state index contributed by atoms with van der Waals surface area (Å²) < 4.78 is 13.0. The maximum Gasteiger partial charge on any atom is 0.153 e. The molecule has 3 unspecified atom stereocenters. The maximum absolute atomic E-state index is 13.0. The molecule has 1 aliphatic rings. The zero-order valence-electron chi connectivity index (χ0n) is 8.67. The van der Waals surface area contributed by atoms with Gasteiger partial charge in [0, 0.05) is 11.8 Å². The first-order valence-electron chi connectivity index (χ1n) is 4.87. The van der Waals surface area contributed by atoms with E-state index in [0.717, 1.165) is 11.1 Å². The van der Waals surface area contributed by atoms with Crippen LogP contribution in [0.2, 0.25) is 5.02 Å². The van der Waals surface area contributed by atoms with Gasteiger partial charge in [0.1, 0.15) is 5.82 Å². The van der Waals surface area contributed by atoms with Crippen molar-refractivity contribution < 1.29 is 9.50 Å². The molecule has 0 saturated heterocycles. The lowest BCUT2D eigenvalue weighted by Crippen LogP contribution is -2.01. The molecule has 3 atom stereocenters. The third kappa shape index (κ3) is 1.75. The smallest absolute Gasteiger partial charge is 0.153 e. The minimum Gasteiger partial charge on any atom is -0.374 e. The molecule has 4 heteroatoms. The minimum atomic E-state index is -1.31. The second-order valence-electron chi connectivity index (χ2n) is 4.20. The average molecular weight is 261 g/mol. The molecule has 1 nitrogen and oxygen atoms in total. The van der Waals surface area contributed by atoms with Crippen LogP contribution in [-0.4, -0.2) is 10.2 Å². The van der Waals surface area contributed by atoms with Crippen LogP contribution in [0.5, 0.6) is 0 Å². The lowest BCUT2D eigenvalue weighted by atomic mass is 10.1. The molecule has 0 aliphatic heterocycles. The lowest BCUT2D eigenvalue weighted by Gasteiger charge is -2.02. The number of benzene rings is 1. The number of aliphatic hydroxyl groups is 1. The van der Waals surface area contributed by atoms with Gasteiger partial charge in [0.15, 0.2) is 5.06 Å². The molecule has 1 N–H and O–H groups in total. The van der Waals surface area contributed by atoms with Gasteiger partial charge in [-0.15, -0.1) is 0 Å². The summed E-state index contributed by atoms with van der Waals surface area (Å²) in [7, 11) is 0. The Balaban J connectivity index is 2.33. The molecule has 0 spiro atoms. The highest BCUT2D eigenvalue weighted by Gasteiger charge is 2.64. The number of alkyl halides is 1. The highest BCUT2D eigenvalue weighted by molar-refractivity contribution is 6.31. The van der Waals surface area contributed by atoms with Gasteiger partial charge in [-0.25, -0.2) is 4.39 Å². The van der Waals surface area contributed by atoms with Crippen LogP contribution in [0.3, 0.4) is 0 Å². The Labute approximate surface area is 103 Å². The number of hydrogen-bond donors (Lipinski definition) is 1. The van der Waals surface area contributed by atoms with Crippen molar-refractivity contribution >= 4 is 23.2 Å². The number of hydrogen-bond acceptors (Lipinski definition) is 1. The molecule has 1 aromatic rings. The highest BCUT2D eigenvalue weighted by atomic mass is 35.5. The van der Waals surface area contributed by atoms with Crippen LogP contribution in [-0.2, 0) is 0 Å². The topological polar surface area (TPSA) is 20.2 Å². The van der Waals surface area contributed by atoms with Crippen LogP contribution < -0.4 is 0 Å². The fraction of sp³-hybridized carbons (Fsp3) is 0.333. The Morgan fingerprint density at radius 2 is 2.19 bits per heavy atom. The normalized spacial score (nSPS) is 32.6. The van der Waals surface area contributed by atoms with Crippen molar-refractivity contribution in [3.63, 3.8) is 0 Å². The van der Waals surface area contributed by atoms with Crippen LogP contribution in [0.25, 0.3) is 0 Å². The van der Waals surface area contributed by atoms with E-state index in [9.17, 15) is 9.50 Å². The second-order valence-corrected chi connectivity index (χ2v) is 5.22. The van der Waals surface area contributed by atoms with Gasteiger partial charge in [-0.05, 0) is 24.6 Å². The maximum atomic E-state index is 13.0. The minimum absolute atomic E-state index is 0.0392. The summed E-state index contributed by atoms with van der Waals surface area (Å²) in [5.74, 6) is -0.934. The van der Waals surface area contributed by atoms with E-state index in [2.05, 4.69) is 6.58 Å². The fourth-order valence-electron chi connectivity index (χ4n) is 2.11. The third-order valence-electron chi connectivity index (χ3n) is 2.93. The zero-order valence-corrected chi connectivity index (χ0v) is 10.2. The Hall–Kier alpha value is -0.570. The summed E-state index contributed by atoms with van der Waals surface area (Å²) in [5, 5.41) is 8.63. The monoisotopic (exact) mass is 260 g/mol. The van der Waals surface area contributed by atoms with E-state index in [-0.39, 0.29) is 16.9 Å². The zero-order chi connectivity index (χ0) is 12.1. The van der Waals surface area contributed by atoms with Gasteiger partial charge >= 0.3 is 0 Å². The predicted octanol–water partition coefficient (Wildman–Crippen LogP) is 3.70. The van der Waals surface area contributed by atoms with E-state index in [1.807, 2.05) is 6.92 Å². The fourth-order valence-corrected chi connectivity index (χ4v) is 2.80. The molecule has 0 aromatic heterocycles. The van der Waals surface area contributed by atoms with Crippen molar-refractivity contribution in [2.24, 2.45) is 5.92 Å². The molecular weight excluding hydrogens is 250 g/mol. The Kier molecular flexibility index (Phi) is 2.77. The Morgan fingerprint density at radius 1 is 1.56 bits per heavy atom. The average Bonchev–Trinajstić information content (AvgIpc) is 2.74. The molecule has 2 rings (SSSR count). The summed E-state index contributed by atoms with van der Waals surface area (Å²) >= 11 is 11.6.